The van der Waals surface area contributed by atoms with Crippen molar-refractivity contribution in [2.24, 2.45) is 0 Å². The molecule has 2 rings (SSSR count). The Kier molecular flexibility index (Phi) is 5.17. The lowest BCUT2D eigenvalue weighted by atomic mass is 10.1. The molecule has 6 nitrogen and oxygen atoms in total. The van der Waals surface area contributed by atoms with Crippen molar-refractivity contribution in [1.29, 1.82) is 0 Å². The van der Waals surface area contributed by atoms with Gasteiger partial charge < -0.3 is 20.1 Å². The van der Waals surface area contributed by atoms with Crippen LogP contribution in [0.1, 0.15) is 25.3 Å². The number of ether oxygens (including phenoxy) is 2. The fourth-order valence-corrected chi connectivity index (χ4v) is 2.27. The van der Waals surface area contributed by atoms with Crippen molar-refractivity contribution in [3.8, 4) is 5.88 Å². The minimum absolute atomic E-state index is 0.00768. The summed E-state index contributed by atoms with van der Waals surface area (Å²) in [5.74, 6) is 0.528. The molecule has 1 saturated heterocycles. The minimum Gasteiger partial charge on any atom is -0.481 e. The standard InChI is InChI=1S/C14H21N3O3/c1-10(12-6-4-8-20-12)17-14(18)16-9-11-5-3-7-15-13(11)19-2/h3,5,7,10,12H,4,6,8-9H2,1-2H3,(H2,16,17,18)/t10-,12-/m1/s1. The molecule has 0 bridgehead atoms. The van der Waals surface area contributed by atoms with Crippen molar-refractivity contribution >= 4 is 6.03 Å². The second-order valence-electron chi connectivity index (χ2n) is 4.84. The fraction of sp³-hybridized carbons (Fsp3) is 0.571. The van der Waals surface area contributed by atoms with E-state index in [0.717, 1.165) is 25.0 Å². The lowest BCUT2D eigenvalue weighted by Crippen LogP contribution is -2.45. The zero-order valence-corrected chi connectivity index (χ0v) is 11.9. The zero-order chi connectivity index (χ0) is 14.4. The van der Waals surface area contributed by atoms with E-state index in [1.54, 1.807) is 13.3 Å². The van der Waals surface area contributed by atoms with Crippen LogP contribution in [0, 0.1) is 0 Å². The average Bonchev–Trinajstić information content (AvgIpc) is 2.99. The number of carbonyl (C=O) groups is 1. The Bertz CT molecular complexity index is 447. The van der Waals surface area contributed by atoms with Gasteiger partial charge in [-0.25, -0.2) is 9.78 Å². The van der Waals surface area contributed by atoms with Gasteiger partial charge in [0.05, 0.1) is 19.3 Å². The van der Waals surface area contributed by atoms with Crippen molar-refractivity contribution in [1.82, 2.24) is 15.6 Å². The molecule has 1 aromatic rings. The summed E-state index contributed by atoms with van der Waals surface area (Å²) < 4.78 is 10.7. The van der Waals surface area contributed by atoms with Gasteiger partial charge in [-0.05, 0) is 25.8 Å². The van der Waals surface area contributed by atoms with Crippen LogP contribution in [0.3, 0.4) is 0 Å². The van der Waals surface area contributed by atoms with Gasteiger partial charge in [0, 0.05) is 24.9 Å². The third-order valence-electron chi connectivity index (χ3n) is 3.36. The summed E-state index contributed by atoms with van der Waals surface area (Å²) in [5, 5.41) is 5.70. The average molecular weight is 279 g/mol. The maximum Gasteiger partial charge on any atom is 0.315 e. The van der Waals surface area contributed by atoms with E-state index in [9.17, 15) is 4.79 Å². The van der Waals surface area contributed by atoms with Gasteiger partial charge in [-0.1, -0.05) is 6.07 Å². The van der Waals surface area contributed by atoms with Crippen LogP contribution in [0.15, 0.2) is 18.3 Å². The smallest absolute Gasteiger partial charge is 0.315 e. The summed E-state index contributed by atoms with van der Waals surface area (Å²) in [4.78, 5) is 15.9. The molecular weight excluding hydrogens is 258 g/mol. The predicted molar refractivity (Wildman–Crippen MR) is 74.6 cm³/mol. The Hall–Kier alpha value is -1.82. The molecule has 1 aliphatic heterocycles. The molecule has 0 aromatic carbocycles. The van der Waals surface area contributed by atoms with Crippen molar-refractivity contribution in [2.75, 3.05) is 13.7 Å². The predicted octanol–water partition coefficient (Wildman–Crippen LogP) is 1.46. The molecule has 2 atom stereocenters. The van der Waals surface area contributed by atoms with E-state index in [-0.39, 0.29) is 18.2 Å². The molecule has 0 saturated carbocycles. The molecule has 1 aliphatic rings. The molecule has 0 aliphatic carbocycles. The van der Waals surface area contributed by atoms with Crippen LogP contribution in [-0.4, -0.2) is 36.9 Å². The lowest BCUT2D eigenvalue weighted by Gasteiger charge is -2.20. The molecule has 6 heteroatoms. The molecule has 2 N–H and O–H groups in total. The topological polar surface area (TPSA) is 72.5 Å². The summed E-state index contributed by atoms with van der Waals surface area (Å²) >= 11 is 0. The Labute approximate surface area is 118 Å². The van der Waals surface area contributed by atoms with Crippen molar-refractivity contribution < 1.29 is 14.3 Å². The number of nitrogens with zero attached hydrogens (tertiary/aromatic N) is 1. The molecule has 2 heterocycles. The number of nitrogens with one attached hydrogen (secondary N) is 2. The van der Waals surface area contributed by atoms with Gasteiger partial charge in [0.1, 0.15) is 0 Å². The highest BCUT2D eigenvalue weighted by Gasteiger charge is 2.23. The molecule has 110 valence electrons. The van der Waals surface area contributed by atoms with Crippen molar-refractivity contribution in [2.45, 2.75) is 38.5 Å². The number of rotatable bonds is 5. The second kappa shape index (κ2) is 7.09. The fourth-order valence-electron chi connectivity index (χ4n) is 2.27. The van der Waals surface area contributed by atoms with Crippen LogP contribution in [0.2, 0.25) is 0 Å². The molecule has 0 spiro atoms. The maximum absolute atomic E-state index is 11.8. The molecule has 20 heavy (non-hydrogen) atoms. The van der Waals surface area contributed by atoms with Crippen LogP contribution < -0.4 is 15.4 Å². The summed E-state index contributed by atoms with van der Waals surface area (Å²) in [6.45, 7) is 3.12. The second-order valence-corrected chi connectivity index (χ2v) is 4.84. The quantitative estimate of drug-likeness (QED) is 0.856. The van der Waals surface area contributed by atoms with Crippen LogP contribution in [-0.2, 0) is 11.3 Å². The van der Waals surface area contributed by atoms with E-state index in [4.69, 9.17) is 9.47 Å². The first-order valence-electron chi connectivity index (χ1n) is 6.84. The lowest BCUT2D eigenvalue weighted by molar-refractivity contribution is 0.0860. The largest absolute Gasteiger partial charge is 0.481 e. The van der Waals surface area contributed by atoms with Gasteiger partial charge in [-0.3, -0.25) is 0 Å². The van der Waals surface area contributed by atoms with Gasteiger partial charge in [0.25, 0.3) is 0 Å². The van der Waals surface area contributed by atoms with E-state index in [2.05, 4.69) is 15.6 Å². The van der Waals surface area contributed by atoms with E-state index in [1.807, 2.05) is 19.1 Å². The van der Waals surface area contributed by atoms with Crippen molar-refractivity contribution in [3.05, 3.63) is 23.9 Å². The summed E-state index contributed by atoms with van der Waals surface area (Å²) in [6.07, 6.45) is 3.83. The van der Waals surface area contributed by atoms with E-state index < -0.39 is 0 Å². The van der Waals surface area contributed by atoms with Gasteiger partial charge in [-0.15, -0.1) is 0 Å². The van der Waals surface area contributed by atoms with Crippen LogP contribution >= 0.6 is 0 Å². The Morgan fingerprint density at radius 3 is 3.20 bits per heavy atom. The third-order valence-corrected chi connectivity index (χ3v) is 3.36. The van der Waals surface area contributed by atoms with Crippen LogP contribution in [0.25, 0.3) is 0 Å². The molecule has 0 radical (unpaired) electrons. The van der Waals surface area contributed by atoms with Gasteiger partial charge in [-0.2, -0.15) is 0 Å². The van der Waals surface area contributed by atoms with Crippen LogP contribution in [0.5, 0.6) is 5.88 Å². The van der Waals surface area contributed by atoms with E-state index >= 15 is 0 Å². The highest BCUT2D eigenvalue weighted by atomic mass is 16.5. The number of carbonyl (C=O) groups excluding carboxylic acids is 1. The minimum atomic E-state index is -0.209. The normalized spacial score (nSPS) is 19.4. The Morgan fingerprint density at radius 1 is 1.65 bits per heavy atom. The molecule has 0 unspecified atom stereocenters. The number of aromatic nitrogens is 1. The first-order valence-corrected chi connectivity index (χ1v) is 6.84. The molecule has 1 aromatic heterocycles. The Morgan fingerprint density at radius 2 is 2.50 bits per heavy atom. The first kappa shape index (κ1) is 14.6. The highest BCUT2D eigenvalue weighted by molar-refractivity contribution is 5.74. The molecule has 1 fully saturated rings. The summed E-state index contributed by atoms with van der Waals surface area (Å²) in [6, 6.07) is 3.48. The number of urea groups is 1. The number of hydrogen-bond acceptors (Lipinski definition) is 4. The van der Waals surface area contributed by atoms with Crippen molar-refractivity contribution in [3.63, 3.8) is 0 Å². The summed E-state index contributed by atoms with van der Waals surface area (Å²) in [7, 11) is 1.56. The van der Waals surface area contributed by atoms with Gasteiger partial charge in [0.2, 0.25) is 5.88 Å². The third kappa shape index (κ3) is 3.84. The summed E-state index contributed by atoms with van der Waals surface area (Å²) in [5.41, 5.74) is 0.843. The van der Waals surface area contributed by atoms with Crippen LogP contribution in [0.4, 0.5) is 4.79 Å². The van der Waals surface area contributed by atoms with E-state index in [0.29, 0.717) is 12.4 Å². The highest BCUT2D eigenvalue weighted by Crippen LogP contribution is 2.15. The number of pyridine rings is 1. The first-order chi connectivity index (χ1) is 9.70. The van der Waals surface area contributed by atoms with E-state index in [1.165, 1.54) is 0 Å². The Balaban J connectivity index is 1.79. The van der Waals surface area contributed by atoms with Gasteiger partial charge in [0.15, 0.2) is 0 Å². The number of amides is 2. The monoisotopic (exact) mass is 279 g/mol. The molecular formula is C14H21N3O3. The maximum atomic E-state index is 11.8. The molecule has 2 amide bonds. The number of hydrogen-bond donors (Lipinski definition) is 2. The number of methoxy groups -OCH3 is 1. The zero-order valence-electron chi connectivity index (χ0n) is 11.9. The SMILES string of the molecule is COc1ncccc1CNC(=O)N[C@H](C)[C@H]1CCCO1. The van der Waals surface area contributed by atoms with Gasteiger partial charge >= 0.3 is 6.03 Å².